The van der Waals surface area contributed by atoms with Gasteiger partial charge in [0.2, 0.25) is 0 Å². The van der Waals surface area contributed by atoms with Crippen molar-refractivity contribution < 1.29 is 0 Å². The highest BCUT2D eigenvalue weighted by atomic mass is 32.2. The summed E-state index contributed by atoms with van der Waals surface area (Å²) in [5, 5.41) is 1.27. The van der Waals surface area contributed by atoms with Gasteiger partial charge in [0.05, 0.1) is 5.04 Å². The van der Waals surface area contributed by atoms with Gasteiger partial charge in [-0.2, -0.15) is 0 Å². The van der Waals surface area contributed by atoms with Crippen molar-refractivity contribution in [2.75, 3.05) is 6.26 Å². The van der Waals surface area contributed by atoms with Crippen molar-refractivity contribution in [3.63, 3.8) is 0 Å². The van der Waals surface area contributed by atoms with Crippen molar-refractivity contribution in [1.82, 2.24) is 4.90 Å². The average molecular weight is 280 g/mol. The predicted octanol–water partition coefficient (Wildman–Crippen LogP) is 4.67. The molecule has 0 saturated heterocycles. The number of nitrogens with zero attached hydrogens (tertiary/aromatic N) is 2. The Labute approximate surface area is 122 Å². The summed E-state index contributed by atoms with van der Waals surface area (Å²) in [5.41, 5.74) is 1.39. The summed E-state index contributed by atoms with van der Waals surface area (Å²) in [4.78, 5) is 7.46. The molecule has 1 heterocycles. The van der Waals surface area contributed by atoms with E-state index in [1.807, 2.05) is 11.8 Å². The van der Waals surface area contributed by atoms with Crippen molar-refractivity contribution >= 4 is 16.8 Å². The molecule has 0 bridgehead atoms. The Bertz CT molecular complexity index is 376. The molecule has 0 atom stereocenters. The summed E-state index contributed by atoms with van der Waals surface area (Å²) >= 11 is 1.82. The van der Waals surface area contributed by atoms with Crippen LogP contribution >= 0.6 is 11.8 Å². The highest BCUT2D eigenvalue weighted by Crippen LogP contribution is 2.37. The van der Waals surface area contributed by atoms with E-state index < -0.39 is 0 Å². The molecule has 0 aromatic carbocycles. The van der Waals surface area contributed by atoms with E-state index in [-0.39, 0.29) is 5.66 Å². The topological polar surface area (TPSA) is 15.6 Å². The maximum atomic E-state index is 5.03. The van der Waals surface area contributed by atoms with E-state index in [0.29, 0.717) is 6.04 Å². The van der Waals surface area contributed by atoms with Gasteiger partial charge in [-0.1, -0.05) is 19.3 Å². The third-order valence-electron chi connectivity index (χ3n) is 4.33. The summed E-state index contributed by atoms with van der Waals surface area (Å²) < 4.78 is 0. The first-order valence-corrected chi connectivity index (χ1v) is 8.82. The Morgan fingerprint density at radius 3 is 2.42 bits per heavy atom. The third-order valence-corrected chi connectivity index (χ3v) is 5.04. The molecule has 2 nitrogen and oxygen atoms in total. The summed E-state index contributed by atoms with van der Waals surface area (Å²) in [5.74, 6) is 0.734. The zero-order valence-electron chi connectivity index (χ0n) is 13.1. The zero-order chi connectivity index (χ0) is 14.0. The van der Waals surface area contributed by atoms with Crippen LogP contribution in [0.2, 0.25) is 0 Å². The molecule has 2 rings (SSSR count). The lowest BCUT2D eigenvalue weighted by atomic mass is 9.83. The van der Waals surface area contributed by atoms with Crippen molar-refractivity contribution in [3.8, 4) is 0 Å². The van der Waals surface area contributed by atoms with Gasteiger partial charge in [0.15, 0.2) is 0 Å². The minimum Gasteiger partial charge on any atom is -0.351 e. The normalized spacial score (nSPS) is 24.4. The minimum absolute atomic E-state index is 0.106. The first-order valence-electron chi connectivity index (χ1n) is 7.60. The van der Waals surface area contributed by atoms with Crippen LogP contribution in [0.4, 0.5) is 0 Å². The second-order valence-electron chi connectivity index (χ2n) is 6.54. The molecule has 0 aromatic heterocycles. The smallest absolute Gasteiger partial charge is 0.127 e. The van der Waals surface area contributed by atoms with Crippen LogP contribution in [-0.4, -0.2) is 27.9 Å². The molecule has 0 amide bonds. The van der Waals surface area contributed by atoms with Crippen LogP contribution in [0.15, 0.2) is 16.8 Å². The van der Waals surface area contributed by atoms with Gasteiger partial charge in [-0.25, -0.2) is 0 Å². The van der Waals surface area contributed by atoms with Crippen molar-refractivity contribution in [2.24, 2.45) is 10.9 Å². The number of hydrogen-bond donors (Lipinski definition) is 0. The number of thioether (sulfide) groups is 1. The molecule has 0 radical (unpaired) electrons. The molecule has 1 aliphatic heterocycles. The Kier molecular flexibility index (Phi) is 4.65. The molecule has 2 aliphatic rings. The van der Waals surface area contributed by atoms with Gasteiger partial charge in [0.1, 0.15) is 5.66 Å². The molecule has 0 aromatic rings. The second-order valence-corrected chi connectivity index (χ2v) is 7.33. The van der Waals surface area contributed by atoms with Gasteiger partial charge in [-0.15, -0.1) is 11.8 Å². The van der Waals surface area contributed by atoms with Gasteiger partial charge in [-0.3, -0.25) is 4.99 Å². The SMILES string of the molecule is CSC1=NC(C)(C)N(C(C)C)C=C1C1CCCCC1. The zero-order valence-corrected chi connectivity index (χ0v) is 13.9. The lowest BCUT2D eigenvalue weighted by Crippen LogP contribution is -2.46. The molecule has 19 heavy (non-hydrogen) atoms. The van der Waals surface area contributed by atoms with E-state index in [2.05, 4.69) is 45.1 Å². The predicted molar refractivity (Wildman–Crippen MR) is 86.7 cm³/mol. The second kappa shape index (κ2) is 5.90. The number of aliphatic imine (C=N–C) groups is 1. The Morgan fingerprint density at radius 1 is 1.26 bits per heavy atom. The molecule has 0 unspecified atom stereocenters. The van der Waals surface area contributed by atoms with Gasteiger partial charge < -0.3 is 4.90 Å². The first-order chi connectivity index (χ1) is 8.95. The summed E-state index contributed by atoms with van der Waals surface area (Å²) in [6.45, 7) is 8.96. The number of rotatable bonds is 2. The van der Waals surface area contributed by atoms with Gasteiger partial charge in [0.25, 0.3) is 0 Å². The highest BCUT2D eigenvalue weighted by molar-refractivity contribution is 8.13. The fraction of sp³-hybridized carbons (Fsp3) is 0.812. The number of hydrogen-bond acceptors (Lipinski definition) is 3. The van der Waals surface area contributed by atoms with Crippen LogP contribution < -0.4 is 0 Å². The third kappa shape index (κ3) is 3.18. The van der Waals surface area contributed by atoms with Crippen molar-refractivity contribution in [2.45, 2.75) is 71.5 Å². The average Bonchev–Trinajstić information content (AvgIpc) is 2.38. The Morgan fingerprint density at radius 2 is 1.89 bits per heavy atom. The van der Waals surface area contributed by atoms with Crippen LogP contribution in [0.5, 0.6) is 0 Å². The van der Waals surface area contributed by atoms with Crippen molar-refractivity contribution in [1.29, 1.82) is 0 Å². The van der Waals surface area contributed by atoms with Gasteiger partial charge in [0, 0.05) is 17.8 Å². The van der Waals surface area contributed by atoms with Crippen LogP contribution in [0, 0.1) is 5.92 Å². The first kappa shape index (κ1) is 15.0. The molecule has 0 N–H and O–H groups in total. The van der Waals surface area contributed by atoms with Gasteiger partial charge in [-0.05, 0) is 52.7 Å². The molecular weight excluding hydrogens is 252 g/mol. The van der Waals surface area contributed by atoms with E-state index in [4.69, 9.17) is 4.99 Å². The van der Waals surface area contributed by atoms with E-state index in [1.165, 1.54) is 42.7 Å². The van der Waals surface area contributed by atoms with Crippen LogP contribution in [0.1, 0.15) is 59.8 Å². The molecule has 108 valence electrons. The fourth-order valence-electron chi connectivity index (χ4n) is 3.37. The molecule has 1 saturated carbocycles. The lowest BCUT2D eigenvalue weighted by molar-refractivity contribution is 0.149. The Hall–Kier alpha value is -0.440. The highest BCUT2D eigenvalue weighted by Gasteiger charge is 2.34. The van der Waals surface area contributed by atoms with E-state index in [0.717, 1.165) is 5.92 Å². The monoisotopic (exact) mass is 280 g/mol. The summed E-state index contributed by atoms with van der Waals surface area (Å²) in [6.07, 6.45) is 11.4. The Balaban J connectivity index is 2.30. The standard InChI is InChI=1S/C16H28N2S/c1-12(2)18-11-14(13-9-7-6-8-10-13)15(19-5)17-16(18,3)4/h11-13H,6-10H2,1-5H3. The maximum absolute atomic E-state index is 5.03. The molecule has 1 fully saturated rings. The molecular formula is C16H28N2S. The maximum Gasteiger partial charge on any atom is 0.127 e. The van der Waals surface area contributed by atoms with E-state index in [1.54, 1.807) is 0 Å². The van der Waals surface area contributed by atoms with Crippen LogP contribution in [0.25, 0.3) is 0 Å². The lowest BCUT2D eigenvalue weighted by Gasteiger charge is -2.43. The van der Waals surface area contributed by atoms with E-state index in [9.17, 15) is 0 Å². The molecule has 3 heteroatoms. The quantitative estimate of drug-likeness (QED) is 0.730. The van der Waals surface area contributed by atoms with Crippen molar-refractivity contribution in [3.05, 3.63) is 11.8 Å². The fourth-order valence-corrected chi connectivity index (χ4v) is 4.14. The van der Waals surface area contributed by atoms with Crippen LogP contribution in [0.3, 0.4) is 0 Å². The van der Waals surface area contributed by atoms with E-state index >= 15 is 0 Å². The molecule has 1 aliphatic carbocycles. The molecule has 0 spiro atoms. The summed E-state index contributed by atoms with van der Waals surface area (Å²) in [6, 6.07) is 0.501. The largest absolute Gasteiger partial charge is 0.351 e. The summed E-state index contributed by atoms with van der Waals surface area (Å²) in [7, 11) is 0. The van der Waals surface area contributed by atoms with Crippen LogP contribution in [-0.2, 0) is 0 Å². The minimum atomic E-state index is -0.106. The van der Waals surface area contributed by atoms with Gasteiger partial charge >= 0.3 is 0 Å².